The molecule has 1 nitrogen and oxygen atoms in total. The van der Waals surface area contributed by atoms with E-state index in [1.165, 1.54) is 32.1 Å². The molecule has 2 aliphatic rings. The van der Waals surface area contributed by atoms with Crippen LogP contribution in [-0.2, 0) is 0 Å². The lowest BCUT2D eigenvalue weighted by atomic mass is 9.64. The highest BCUT2D eigenvalue weighted by Crippen LogP contribution is 2.44. The first kappa shape index (κ1) is 9.97. The van der Waals surface area contributed by atoms with E-state index in [1.807, 2.05) is 0 Å². The Labute approximate surface area is 89.6 Å². The van der Waals surface area contributed by atoms with Gasteiger partial charge < -0.3 is 5.73 Å². The third-order valence-corrected chi connectivity index (χ3v) is 4.82. The molecular formula is C11H20BrN. The van der Waals surface area contributed by atoms with Crippen LogP contribution in [0.1, 0.15) is 39.0 Å². The third-order valence-electron chi connectivity index (χ3n) is 3.99. The molecule has 2 N–H and O–H groups in total. The van der Waals surface area contributed by atoms with Crippen LogP contribution in [0.25, 0.3) is 0 Å². The van der Waals surface area contributed by atoms with Crippen LogP contribution >= 0.6 is 15.9 Å². The Bertz CT molecular complexity index is 175. The first-order valence-electron chi connectivity index (χ1n) is 5.56. The Kier molecular flexibility index (Phi) is 2.99. The number of rotatable bonds is 1. The monoisotopic (exact) mass is 245 g/mol. The van der Waals surface area contributed by atoms with Crippen molar-refractivity contribution in [3.63, 3.8) is 0 Å². The van der Waals surface area contributed by atoms with E-state index in [9.17, 15) is 0 Å². The quantitative estimate of drug-likeness (QED) is 0.707. The Morgan fingerprint density at radius 3 is 2.38 bits per heavy atom. The van der Waals surface area contributed by atoms with Crippen molar-refractivity contribution in [2.75, 3.05) is 0 Å². The molecule has 0 amide bonds. The van der Waals surface area contributed by atoms with E-state index in [4.69, 9.17) is 5.73 Å². The molecule has 0 aromatic carbocycles. The Morgan fingerprint density at radius 2 is 1.85 bits per heavy atom. The third kappa shape index (κ3) is 2.10. The minimum atomic E-state index is 0.527. The summed E-state index contributed by atoms with van der Waals surface area (Å²) < 4.78 is 0. The number of alkyl halides is 1. The number of nitrogens with two attached hydrogens (primary N) is 1. The predicted molar refractivity (Wildman–Crippen MR) is 59.9 cm³/mol. The van der Waals surface area contributed by atoms with Gasteiger partial charge in [-0.1, -0.05) is 22.9 Å². The SMILES string of the molecule is CC1CC(Br)CCC1C1CC(N)C1. The van der Waals surface area contributed by atoms with Gasteiger partial charge >= 0.3 is 0 Å². The smallest absolute Gasteiger partial charge is 0.0148 e. The van der Waals surface area contributed by atoms with E-state index in [-0.39, 0.29) is 0 Å². The van der Waals surface area contributed by atoms with Crippen molar-refractivity contribution in [1.29, 1.82) is 0 Å². The number of halogens is 1. The van der Waals surface area contributed by atoms with Crippen molar-refractivity contribution in [3.8, 4) is 0 Å². The van der Waals surface area contributed by atoms with Crippen LogP contribution in [0.4, 0.5) is 0 Å². The lowest BCUT2D eigenvalue weighted by molar-refractivity contribution is 0.0985. The van der Waals surface area contributed by atoms with Gasteiger partial charge in [0.25, 0.3) is 0 Å². The summed E-state index contributed by atoms with van der Waals surface area (Å²) in [4.78, 5) is 0.785. The fourth-order valence-electron chi connectivity index (χ4n) is 3.11. The zero-order chi connectivity index (χ0) is 9.42. The average molecular weight is 246 g/mol. The van der Waals surface area contributed by atoms with Gasteiger partial charge in [0.15, 0.2) is 0 Å². The maximum Gasteiger partial charge on any atom is 0.0148 e. The van der Waals surface area contributed by atoms with E-state index >= 15 is 0 Å². The molecule has 13 heavy (non-hydrogen) atoms. The maximum atomic E-state index is 5.84. The van der Waals surface area contributed by atoms with Gasteiger partial charge in [-0.15, -0.1) is 0 Å². The average Bonchev–Trinajstić information content (AvgIpc) is 2.00. The molecule has 0 radical (unpaired) electrons. The topological polar surface area (TPSA) is 26.0 Å². The highest BCUT2D eigenvalue weighted by atomic mass is 79.9. The van der Waals surface area contributed by atoms with Gasteiger partial charge in [-0.3, -0.25) is 0 Å². The van der Waals surface area contributed by atoms with Gasteiger partial charge in [0.1, 0.15) is 0 Å². The summed E-state index contributed by atoms with van der Waals surface area (Å²) in [7, 11) is 0. The molecule has 3 atom stereocenters. The fourth-order valence-corrected chi connectivity index (χ4v) is 3.97. The fraction of sp³-hybridized carbons (Fsp3) is 1.00. The van der Waals surface area contributed by atoms with Crippen LogP contribution in [0.3, 0.4) is 0 Å². The normalized spacial score (nSPS) is 51.5. The molecule has 0 spiro atoms. The largest absolute Gasteiger partial charge is 0.328 e. The van der Waals surface area contributed by atoms with E-state index < -0.39 is 0 Å². The van der Waals surface area contributed by atoms with Crippen molar-refractivity contribution in [1.82, 2.24) is 0 Å². The van der Waals surface area contributed by atoms with Gasteiger partial charge in [0, 0.05) is 10.9 Å². The minimum Gasteiger partial charge on any atom is -0.328 e. The number of hydrogen-bond acceptors (Lipinski definition) is 1. The molecule has 2 rings (SSSR count). The Balaban J connectivity index is 1.86. The maximum absolute atomic E-state index is 5.84. The molecule has 2 heteroatoms. The van der Waals surface area contributed by atoms with E-state index in [1.54, 1.807) is 0 Å². The molecule has 2 fully saturated rings. The summed E-state index contributed by atoms with van der Waals surface area (Å²) >= 11 is 3.73. The second-order valence-electron chi connectivity index (χ2n) is 5.04. The lowest BCUT2D eigenvalue weighted by Gasteiger charge is -2.44. The predicted octanol–water partition coefficient (Wildman–Crippen LogP) is 2.92. The van der Waals surface area contributed by atoms with E-state index in [0.29, 0.717) is 6.04 Å². The molecule has 0 aliphatic heterocycles. The van der Waals surface area contributed by atoms with Crippen molar-refractivity contribution >= 4 is 15.9 Å². The molecule has 2 saturated carbocycles. The standard InChI is InChI=1S/C11H20BrN/c1-7-4-9(12)2-3-11(7)8-5-10(13)6-8/h7-11H,2-6,13H2,1H3. The Morgan fingerprint density at radius 1 is 1.15 bits per heavy atom. The molecule has 76 valence electrons. The van der Waals surface area contributed by atoms with Crippen molar-refractivity contribution in [2.24, 2.45) is 23.5 Å². The van der Waals surface area contributed by atoms with Crippen LogP contribution in [-0.4, -0.2) is 10.9 Å². The van der Waals surface area contributed by atoms with Crippen molar-refractivity contribution in [2.45, 2.75) is 49.9 Å². The van der Waals surface area contributed by atoms with E-state index in [0.717, 1.165) is 22.6 Å². The second kappa shape index (κ2) is 3.90. The van der Waals surface area contributed by atoms with Gasteiger partial charge in [0.05, 0.1) is 0 Å². The van der Waals surface area contributed by atoms with Gasteiger partial charge in [-0.25, -0.2) is 0 Å². The molecule has 0 aromatic rings. The Hall–Kier alpha value is 0.440. The molecule has 0 bridgehead atoms. The van der Waals surface area contributed by atoms with Gasteiger partial charge in [0.2, 0.25) is 0 Å². The van der Waals surface area contributed by atoms with Crippen LogP contribution in [0.15, 0.2) is 0 Å². The minimum absolute atomic E-state index is 0.527. The highest BCUT2D eigenvalue weighted by Gasteiger charge is 2.37. The van der Waals surface area contributed by atoms with Crippen LogP contribution in [0.5, 0.6) is 0 Å². The summed E-state index contributed by atoms with van der Waals surface area (Å²) in [6.45, 7) is 2.42. The summed E-state index contributed by atoms with van der Waals surface area (Å²) in [5.74, 6) is 2.86. The molecular weight excluding hydrogens is 226 g/mol. The van der Waals surface area contributed by atoms with Crippen LogP contribution in [0, 0.1) is 17.8 Å². The molecule has 3 unspecified atom stereocenters. The van der Waals surface area contributed by atoms with Gasteiger partial charge in [-0.2, -0.15) is 0 Å². The number of hydrogen-bond donors (Lipinski definition) is 1. The molecule has 2 aliphatic carbocycles. The van der Waals surface area contributed by atoms with Crippen LogP contribution in [0.2, 0.25) is 0 Å². The summed E-state index contributed by atoms with van der Waals surface area (Å²) in [6.07, 6.45) is 6.76. The summed E-state index contributed by atoms with van der Waals surface area (Å²) in [5.41, 5.74) is 5.84. The first-order valence-corrected chi connectivity index (χ1v) is 6.48. The van der Waals surface area contributed by atoms with Crippen LogP contribution < -0.4 is 5.73 Å². The second-order valence-corrected chi connectivity index (χ2v) is 6.34. The molecule has 0 saturated heterocycles. The molecule has 0 heterocycles. The zero-order valence-corrected chi connectivity index (χ0v) is 9.96. The summed E-state index contributed by atoms with van der Waals surface area (Å²) in [6, 6.07) is 0.527. The van der Waals surface area contributed by atoms with Gasteiger partial charge in [-0.05, 0) is 49.9 Å². The summed E-state index contributed by atoms with van der Waals surface area (Å²) in [5, 5.41) is 0. The first-order chi connectivity index (χ1) is 6.16. The zero-order valence-electron chi connectivity index (χ0n) is 8.38. The lowest BCUT2D eigenvalue weighted by Crippen LogP contribution is -2.43. The van der Waals surface area contributed by atoms with E-state index in [2.05, 4.69) is 22.9 Å². The van der Waals surface area contributed by atoms with Crippen molar-refractivity contribution < 1.29 is 0 Å². The highest BCUT2D eigenvalue weighted by molar-refractivity contribution is 9.09. The van der Waals surface area contributed by atoms with Crippen molar-refractivity contribution in [3.05, 3.63) is 0 Å². The molecule has 0 aromatic heterocycles.